The molecular weight excluding hydrogens is 415 g/mol. The SMILES string of the molecule is Cc1cc(C)c(CNC(=O)c2nc(Cl)cc(N(C)C3CCOCC3)c2Cl)c(=O)[nH]1. The Morgan fingerprint density at radius 1 is 1.31 bits per heavy atom. The van der Waals surface area contributed by atoms with E-state index in [0.717, 1.165) is 24.1 Å². The fourth-order valence-corrected chi connectivity index (χ4v) is 4.02. The second kappa shape index (κ2) is 9.15. The Kier molecular flexibility index (Phi) is 6.82. The van der Waals surface area contributed by atoms with Gasteiger partial charge in [0.25, 0.3) is 11.5 Å². The van der Waals surface area contributed by atoms with Crippen LogP contribution < -0.4 is 15.8 Å². The Morgan fingerprint density at radius 3 is 2.66 bits per heavy atom. The van der Waals surface area contributed by atoms with E-state index in [1.54, 1.807) is 6.07 Å². The van der Waals surface area contributed by atoms with Crippen molar-refractivity contribution in [3.8, 4) is 0 Å². The van der Waals surface area contributed by atoms with Crippen LogP contribution in [-0.4, -0.2) is 42.2 Å². The van der Waals surface area contributed by atoms with E-state index in [1.807, 2.05) is 31.9 Å². The number of carbonyl (C=O) groups excluding carboxylic acids is 1. The number of pyridine rings is 2. The molecule has 1 aliphatic heterocycles. The molecule has 0 aliphatic carbocycles. The van der Waals surface area contributed by atoms with Crippen LogP contribution in [0.1, 0.15) is 40.2 Å². The maximum Gasteiger partial charge on any atom is 0.271 e. The molecule has 29 heavy (non-hydrogen) atoms. The topological polar surface area (TPSA) is 87.3 Å². The molecule has 2 N–H and O–H groups in total. The van der Waals surface area contributed by atoms with Crippen LogP contribution in [-0.2, 0) is 11.3 Å². The first-order chi connectivity index (χ1) is 13.8. The van der Waals surface area contributed by atoms with Gasteiger partial charge in [0.1, 0.15) is 5.15 Å². The normalized spacial score (nSPS) is 14.7. The lowest BCUT2D eigenvalue weighted by Crippen LogP contribution is -2.37. The largest absolute Gasteiger partial charge is 0.381 e. The van der Waals surface area contributed by atoms with Crippen LogP contribution in [0, 0.1) is 13.8 Å². The number of amides is 1. The van der Waals surface area contributed by atoms with Crippen molar-refractivity contribution in [2.24, 2.45) is 0 Å². The van der Waals surface area contributed by atoms with E-state index in [2.05, 4.69) is 15.3 Å². The number of halogens is 2. The van der Waals surface area contributed by atoms with Gasteiger partial charge in [-0.25, -0.2) is 4.98 Å². The summed E-state index contributed by atoms with van der Waals surface area (Å²) in [5.74, 6) is -0.487. The van der Waals surface area contributed by atoms with Gasteiger partial charge >= 0.3 is 0 Å². The summed E-state index contributed by atoms with van der Waals surface area (Å²) in [5.41, 5.74) is 2.51. The van der Waals surface area contributed by atoms with Crippen molar-refractivity contribution in [2.45, 2.75) is 39.3 Å². The number of carbonyl (C=O) groups is 1. The summed E-state index contributed by atoms with van der Waals surface area (Å²) in [5, 5.41) is 3.14. The fraction of sp³-hybridized carbons (Fsp3) is 0.450. The molecule has 0 bridgehead atoms. The van der Waals surface area contributed by atoms with Gasteiger partial charge in [-0.2, -0.15) is 0 Å². The standard InChI is InChI=1S/C20H24Cl2N4O3/c1-11-8-12(2)24-19(27)14(11)10-23-20(28)18-17(22)15(9-16(21)25-18)26(3)13-4-6-29-7-5-13/h8-9,13H,4-7,10H2,1-3H3,(H,23,28)(H,24,27). The zero-order valence-corrected chi connectivity index (χ0v) is 18.2. The number of aryl methyl sites for hydroxylation is 2. The van der Waals surface area contributed by atoms with Crippen LogP contribution >= 0.6 is 23.2 Å². The smallest absolute Gasteiger partial charge is 0.271 e. The predicted octanol–water partition coefficient (Wildman–Crippen LogP) is 3.24. The number of nitrogens with zero attached hydrogens (tertiary/aromatic N) is 2. The third kappa shape index (κ3) is 4.91. The van der Waals surface area contributed by atoms with Gasteiger partial charge in [-0.05, 0) is 38.3 Å². The van der Waals surface area contributed by atoms with Gasteiger partial charge in [0.15, 0.2) is 5.69 Å². The monoisotopic (exact) mass is 438 g/mol. The van der Waals surface area contributed by atoms with Crippen LogP contribution in [0.3, 0.4) is 0 Å². The van der Waals surface area contributed by atoms with Gasteiger partial charge in [0, 0.05) is 50.2 Å². The molecule has 3 heterocycles. The van der Waals surface area contributed by atoms with Crippen molar-refractivity contribution in [3.63, 3.8) is 0 Å². The van der Waals surface area contributed by atoms with Gasteiger partial charge in [0.05, 0.1) is 10.7 Å². The van der Waals surface area contributed by atoms with Crippen LogP contribution in [0.5, 0.6) is 0 Å². The number of rotatable bonds is 5. The first-order valence-corrected chi connectivity index (χ1v) is 10.2. The summed E-state index contributed by atoms with van der Waals surface area (Å²) in [6, 6.07) is 3.75. The van der Waals surface area contributed by atoms with Gasteiger partial charge in [0.2, 0.25) is 0 Å². The number of ether oxygens (including phenoxy) is 1. The summed E-state index contributed by atoms with van der Waals surface area (Å²) in [4.78, 5) is 33.8. The number of hydrogen-bond acceptors (Lipinski definition) is 5. The van der Waals surface area contributed by atoms with E-state index >= 15 is 0 Å². The Morgan fingerprint density at radius 2 is 2.00 bits per heavy atom. The summed E-state index contributed by atoms with van der Waals surface area (Å²) < 4.78 is 5.41. The number of anilines is 1. The van der Waals surface area contributed by atoms with Gasteiger partial charge in [-0.1, -0.05) is 23.2 Å². The number of aromatic nitrogens is 2. The van der Waals surface area contributed by atoms with Crippen LogP contribution in [0.2, 0.25) is 10.2 Å². The minimum absolute atomic E-state index is 0.0364. The molecule has 0 aromatic carbocycles. The summed E-state index contributed by atoms with van der Waals surface area (Å²) in [7, 11) is 1.92. The van der Waals surface area contributed by atoms with Crippen LogP contribution in [0.4, 0.5) is 5.69 Å². The molecular formula is C20H24Cl2N4O3. The highest BCUT2D eigenvalue weighted by Gasteiger charge is 2.24. The Bertz CT molecular complexity index is 971. The van der Waals surface area contributed by atoms with Crippen LogP contribution in [0.15, 0.2) is 16.9 Å². The molecule has 2 aromatic rings. The van der Waals surface area contributed by atoms with Gasteiger partial charge < -0.3 is 19.9 Å². The summed E-state index contributed by atoms with van der Waals surface area (Å²) in [6.45, 7) is 5.07. The first kappa shape index (κ1) is 21.6. The third-order valence-corrected chi connectivity index (χ3v) is 5.73. The number of hydrogen-bond donors (Lipinski definition) is 2. The third-order valence-electron chi connectivity index (χ3n) is 5.16. The zero-order chi connectivity index (χ0) is 21.1. The van der Waals surface area contributed by atoms with Crippen LogP contribution in [0.25, 0.3) is 0 Å². The Labute approximate surface area is 179 Å². The lowest BCUT2D eigenvalue weighted by molar-refractivity contribution is 0.0854. The average molecular weight is 439 g/mol. The Hall–Kier alpha value is -2.09. The minimum Gasteiger partial charge on any atom is -0.381 e. The molecule has 0 spiro atoms. The highest BCUT2D eigenvalue weighted by Crippen LogP contribution is 2.33. The lowest BCUT2D eigenvalue weighted by atomic mass is 10.1. The number of nitrogens with one attached hydrogen (secondary N) is 2. The second-order valence-electron chi connectivity index (χ2n) is 7.21. The van der Waals surface area contributed by atoms with E-state index in [-0.39, 0.29) is 34.0 Å². The highest BCUT2D eigenvalue weighted by molar-refractivity contribution is 6.37. The summed E-state index contributed by atoms with van der Waals surface area (Å²) in [6.07, 6.45) is 1.73. The molecule has 1 aliphatic rings. The van der Waals surface area contributed by atoms with E-state index in [1.165, 1.54) is 0 Å². The molecule has 0 radical (unpaired) electrons. The van der Waals surface area contributed by atoms with E-state index in [4.69, 9.17) is 27.9 Å². The van der Waals surface area contributed by atoms with Crippen molar-refractivity contribution in [2.75, 3.05) is 25.2 Å². The minimum atomic E-state index is -0.487. The molecule has 0 saturated carbocycles. The van der Waals surface area contributed by atoms with Gasteiger partial charge in [-0.3, -0.25) is 9.59 Å². The molecule has 2 aromatic heterocycles. The Balaban J connectivity index is 1.82. The summed E-state index contributed by atoms with van der Waals surface area (Å²) >= 11 is 12.7. The molecule has 9 heteroatoms. The fourth-order valence-electron chi connectivity index (χ4n) is 3.52. The second-order valence-corrected chi connectivity index (χ2v) is 7.97. The molecule has 0 atom stereocenters. The number of H-pyrrole nitrogens is 1. The van der Waals surface area contributed by atoms with E-state index in [0.29, 0.717) is 24.5 Å². The lowest BCUT2D eigenvalue weighted by Gasteiger charge is -2.33. The van der Waals surface area contributed by atoms with E-state index in [9.17, 15) is 9.59 Å². The number of aromatic amines is 1. The quantitative estimate of drug-likeness (QED) is 0.699. The average Bonchev–Trinajstić information content (AvgIpc) is 2.68. The molecule has 1 fully saturated rings. The maximum absolute atomic E-state index is 12.8. The molecule has 7 nitrogen and oxygen atoms in total. The van der Waals surface area contributed by atoms with Crippen molar-refractivity contribution in [3.05, 3.63) is 55.2 Å². The van der Waals surface area contributed by atoms with E-state index < -0.39 is 5.91 Å². The van der Waals surface area contributed by atoms with Crippen molar-refractivity contribution in [1.82, 2.24) is 15.3 Å². The predicted molar refractivity (Wildman–Crippen MR) is 114 cm³/mol. The molecule has 1 saturated heterocycles. The van der Waals surface area contributed by atoms with Crippen molar-refractivity contribution >= 4 is 34.8 Å². The van der Waals surface area contributed by atoms with Crippen molar-refractivity contribution < 1.29 is 9.53 Å². The zero-order valence-electron chi connectivity index (χ0n) is 16.6. The maximum atomic E-state index is 12.8. The molecule has 3 rings (SSSR count). The first-order valence-electron chi connectivity index (χ1n) is 9.42. The molecule has 1 amide bonds. The van der Waals surface area contributed by atoms with Crippen molar-refractivity contribution in [1.29, 1.82) is 0 Å². The van der Waals surface area contributed by atoms with Gasteiger partial charge in [-0.15, -0.1) is 0 Å². The molecule has 0 unspecified atom stereocenters. The highest BCUT2D eigenvalue weighted by atomic mass is 35.5. The molecule has 156 valence electrons.